The van der Waals surface area contributed by atoms with E-state index in [1.54, 1.807) is 24.2 Å². The van der Waals surface area contributed by atoms with Gasteiger partial charge in [-0.1, -0.05) is 10.7 Å². The Morgan fingerprint density at radius 3 is 2.90 bits per heavy atom. The van der Waals surface area contributed by atoms with Gasteiger partial charge in [0.1, 0.15) is 5.76 Å². The van der Waals surface area contributed by atoms with E-state index in [1.807, 2.05) is 12.1 Å². The summed E-state index contributed by atoms with van der Waals surface area (Å²) < 4.78 is 10.5. The molecule has 1 aliphatic rings. The highest BCUT2D eigenvalue weighted by molar-refractivity contribution is 5.93. The summed E-state index contributed by atoms with van der Waals surface area (Å²) in [6.07, 6.45) is 2.49. The number of carbonyl (C=O) groups excluding carboxylic acids is 1. The average Bonchev–Trinajstić information content (AvgIpc) is 3.09. The van der Waals surface area contributed by atoms with E-state index in [1.165, 1.54) is 5.57 Å². The van der Waals surface area contributed by atoms with Crippen molar-refractivity contribution < 1.29 is 13.7 Å². The van der Waals surface area contributed by atoms with Gasteiger partial charge in [-0.3, -0.25) is 4.79 Å². The van der Waals surface area contributed by atoms with Crippen molar-refractivity contribution in [3.05, 3.63) is 47.2 Å². The summed E-state index contributed by atoms with van der Waals surface area (Å²) >= 11 is 0. The minimum atomic E-state index is -0.123. The minimum absolute atomic E-state index is 0.123. The Morgan fingerprint density at radius 1 is 1.40 bits per heavy atom. The number of hydrogen-bond acceptors (Lipinski definition) is 4. The van der Waals surface area contributed by atoms with Crippen LogP contribution >= 0.6 is 0 Å². The molecule has 104 valence electrons. The number of aromatic nitrogens is 1. The molecular formula is C15H16N2O3. The molecule has 5 heteroatoms. The maximum atomic E-state index is 12.4. The van der Waals surface area contributed by atoms with Gasteiger partial charge in [0.25, 0.3) is 5.91 Å². The Hall–Kier alpha value is -2.30. The van der Waals surface area contributed by atoms with E-state index >= 15 is 0 Å². The van der Waals surface area contributed by atoms with Gasteiger partial charge < -0.3 is 13.8 Å². The van der Waals surface area contributed by atoms with Gasteiger partial charge in [-0.05, 0) is 32.4 Å². The molecule has 3 heterocycles. The average molecular weight is 272 g/mol. The number of carbonyl (C=O) groups is 1. The van der Waals surface area contributed by atoms with Gasteiger partial charge in [0.05, 0.1) is 12.0 Å². The first kappa shape index (κ1) is 12.7. The molecule has 0 spiro atoms. The molecule has 0 saturated carbocycles. The number of hydrogen-bond donors (Lipinski definition) is 0. The molecule has 1 amide bonds. The topological polar surface area (TPSA) is 59.5 Å². The SMILES string of the molecule is CC1=C(c2ccco2)CN(C(=O)c2cc(C)no2)CC1. The lowest BCUT2D eigenvalue weighted by molar-refractivity contribution is 0.0730. The molecule has 0 aliphatic carbocycles. The lowest BCUT2D eigenvalue weighted by Gasteiger charge is -2.28. The summed E-state index contributed by atoms with van der Waals surface area (Å²) in [5, 5.41) is 3.76. The molecule has 0 radical (unpaired) electrons. The van der Waals surface area contributed by atoms with Crippen molar-refractivity contribution in [2.24, 2.45) is 0 Å². The zero-order valence-electron chi connectivity index (χ0n) is 11.5. The van der Waals surface area contributed by atoms with Crippen molar-refractivity contribution in [1.82, 2.24) is 10.1 Å². The first-order valence-corrected chi connectivity index (χ1v) is 6.60. The fourth-order valence-corrected chi connectivity index (χ4v) is 2.39. The van der Waals surface area contributed by atoms with Crippen LogP contribution in [0.2, 0.25) is 0 Å². The first-order chi connectivity index (χ1) is 9.65. The smallest absolute Gasteiger partial charge is 0.292 e. The minimum Gasteiger partial charge on any atom is -0.465 e. The zero-order valence-corrected chi connectivity index (χ0v) is 11.5. The van der Waals surface area contributed by atoms with Crippen LogP contribution in [-0.4, -0.2) is 29.1 Å². The molecule has 5 nitrogen and oxygen atoms in total. The third-order valence-corrected chi connectivity index (χ3v) is 3.57. The molecule has 0 N–H and O–H groups in total. The number of amides is 1. The molecule has 0 aromatic carbocycles. The normalized spacial score (nSPS) is 15.8. The highest BCUT2D eigenvalue weighted by atomic mass is 16.5. The van der Waals surface area contributed by atoms with Gasteiger partial charge in [-0.15, -0.1) is 0 Å². The van der Waals surface area contributed by atoms with Gasteiger partial charge in [0.15, 0.2) is 0 Å². The van der Waals surface area contributed by atoms with Crippen LogP contribution in [-0.2, 0) is 0 Å². The molecule has 1 aliphatic heterocycles. The standard InChI is InChI=1S/C15H16N2O3/c1-10-5-6-17(9-12(10)13-4-3-7-19-13)15(18)14-8-11(2)16-20-14/h3-4,7-8H,5-6,9H2,1-2H3. The van der Waals surface area contributed by atoms with Crippen LogP contribution in [0.5, 0.6) is 0 Å². The van der Waals surface area contributed by atoms with Gasteiger partial charge >= 0.3 is 0 Å². The number of aryl methyl sites for hydroxylation is 1. The van der Waals surface area contributed by atoms with Crippen LogP contribution in [0, 0.1) is 6.92 Å². The second-order valence-electron chi connectivity index (χ2n) is 5.05. The number of rotatable bonds is 2. The fraction of sp³-hybridized carbons (Fsp3) is 0.333. The summed E-state index contributed by atoms with van der Waals surface area (Å²) in [7, 11) is 0. The van der Waals surface area contributed by atoms with Gasteiger partial charge in [-0.2, -0.15) is 0 Å². The van der Waals surface area contributed by atoms with Crippen molar-refractivity contribution in [3.63, 3.8) is 0 Å². The van der Waals surface area contributed by atoms with Crippen molar-refractivity contribution in [2.45, 2.75) is 20.3 Å². The predicted molar refractivity (Wildman–Crippen MR) is 73.1 cm³/mol. The monoisotopic (exact) mass is 272 g/mol. The molecule has 20 heavy (non-hydrogen) atoms. The molecule has 0 unspecified atom stereocenters. The van der Waals surface area contributed by atoms with E-state index in [0.717, 1.165) is 17.8 Å². The van der Waals surface area contributed by atoms with E-state index in [0.29, 0.717) is 24.5 Å². The van der Waals surface area contributed by atoms with E-state index in [9.17, 15) is 4.79 Å². The van der Waals surface area contributed by atoms with Crippen LogP contribution in [0.4, 0.5) is 0 Å². The lowest BCUT2D eigenvalue weighted by atomic mass is 9.99. The number of nitrogens with zero attached hydrogens (tertiary/aromatic N) is 2. The van der Waals surface area contributed by atoms with E-state index in [-0.39, 0.29) is 5.91 Å². The third-order valence-electron chi connectivity index (χ3n) is 3.57. The maximum absolute atomic E-state index is 12.4. The summed E-state index contributed by atoms with van der Waals surface area (Å²) in [5.41, 5.74) is 3.05. The van der Waals surface area contributed by atoms with Crippen LogP contribution in [0.15, 0.2) is 39.0 Å². The Kier molecular flexibility index (Phi) is 3.18. The quantitative estimate of drug-likeness (QED) is 0.843. The van der Waals surface area contributed by atoms with Gasteiger partial charge in [0.2, 0.25) is 5.76 Å². The summed E-state index contributed by atoms with van der Waals surface area (Å²) in [6.45, 7) is 5.11. The Balaban J connectivity index is 1.83. The van der Waals surface area contributed by atoms with Gasteiger partial charge in [0, 0.05) is 24.7 Å². The lowest BCUT2D eigenvalue weighted by Crippen LogP contribution is -2.36. The molecule has 3 rings (SSSR count). The maximum Gasteiger partial charge on any atom is 0.292 e. The van der Waals surface area contributed by atoms with Crippen molar-refractivity contribution >= 4 is 11.5 Å². The van der Waals surface area contributed by atoms with Crippen LogP contribution < -0.4 is 0 Å². The molecule has 0 saturated heterocycles. The third kappa shape index (κ3) is 2.27. The molecular weight excluding hydrogens is 256 g/mol. The fourth-order valence-electron chi connectivity index (χ4n) is 2.39. The van der Waals surface area contributed by atoms with E-state index in [4.69, 9.17) is 8.94 Å². The Morgan fingerprint density at radius 2 is 2.25 bits per heavy atom. The van der Waals surface area contributed by atoms with Crippen LogP contribution in [0.25, 0.3) is 5.57 Å². The van der Waals surface area contributed by atoms with Crippen molar-refractivity contribution in [1.29, 1.82) is 0 Å². The second-order valence-corrected chi connectivity index (χ2v) is 5.05. The Bertz CT molecular complexity index is 652. The largest absolute Gasteiger partial charge is 0.465 e. The summed E-state index contributed by atoms with van der Waals surface area (Å²) in [5.74, 6) is 0.997. The van der Waals surface area contributed by atoms with Crippen molar-refractivity contribution in [3.8, 4) is 0 Å². The molecule has 0 atom stereocenters. The zero-order chi connectivity index (χ0) is 14.1. The number of furan rings is 1. The summed E-state index contributed by atoms with van der Waals surface area (Å²) in [4.78, 5) is 14.1. The first-order valence-electron chi connectivity index (χ1n) is 6.60. The van der Waals surface area contributed by atoms with Crippen LogP contribution in [0.1, 0.15) is 35.4 Å². The van der Waals surface area contributed by atoms with E-state index in [2.05, 4.69) is 12.1 Å². The molecule has 2 aromatic heterocycles. The highest BCUT2D eigenvalue weighted by Gasteiger charge is 2.26. The summed E-state index contributed by atoms with van der Waals surface area (Å²) in [6, 6.07) is 5.45. The highest BCUT2D eigenvalue weighted by Crippen LogP contribution is 2.27. The Labute approximate surface area is 116 Å². The predicted octanol–water partition coefficient (Wildman–Crippen LogP) is 2.90. The van der Waals surface area contributed by atoms with Gasteiger partial charge in [-0.25, -0.2) is 0 Å². The van der Waals surface area contributed by atoms with Crippen molar-refractivity contribution in [2.75, 3.05) is 13.1 Å². The van der Waals surface area contributed by atoms with Crippen LogP contribution in [0.3, 0.4) is 0 Å². The second kappa shape index (κ2) is 5.00. The molecule has 0 fully saturated rings. The molecule has 2 aromatic rings. The van der Waals surface area contributed by atoms with E-state index < -0.39 is 0 Å². The molecule has 0 bridgehead atoms.